The van der Waals surface area contributed by atoms with E-state index in [1.807, 2.05) is 6.92 Å². The van der Waals surface area contributed by atoms with E-state index < -0.39 is 5.24 Å². The molecule has 70 valence electrons. The van der Waals surface area contributed by atoms with E-state index in [-0.39, 0.29) is 18.2 Å². The van der Waals surface area contributed by atoms with E-state index in [4.69, 9.17) is 11.6 Å². The molecule has 3 nitrogen and oxygen atoms in total. The molecule has 1 N–H and O–H groups in total. The van der Waals surface area contributed by atoms with Gasteiger partial charge in [-0.3, -0.25) is 9.59 Å². The van der Waals surface area contributed by atoms with Crippen molar-refractivity contribution in [2.75, 3.05) is 7.05 Å². The maximum absolute atomic E-state index is 11.1. The maximum atomic E-state index is 11.1. The lowest BCUT2D eigenvalue weighted by molar-refractivity contribution is -0.127. The van der Waals surface area contributed by atoms with Gasteiger partial charge in [-0.05, 0) is 18.0 Å². The van der Waals surface area contributed by atoms with Crippen LogP contribution in [0.15, 0.2) is 0 Å². The van der Waals surface area contributed by atoms with Crippen LogP contribution in [0, 0.1) is 5.92 Å². The quantitative estimate of drug-likeness (QED) is 0.666. The monoisotopic (exact) mass is 191 g/mol. The zero-order valence-corrected chi connectivity index (χ0v) is 8.15. The molecule has 0 spiro atoms. The lowest BCUT2D eigenvalue weighted by Crippen LogP contribution is -2.28. The van der Waals surface area contributed by atoms with Gasteiger partial charge >= 0.3 is 0 Å². The number of hydrogen-bond acceptors (Lipinski definition) is 2. The van der Waals surface area contributed by atoms with E-state index in [1.54, 1.807) is 7.05 Å². The van der Waals surface area contributed by atoms with Crippen molar-refractivity contribution < 1.29 is 9.59 Å². The van der Waals surface area contributed by atoms with Gasteiger partial charge in [-0.2, -0.15) is 0 Å². The van der Waals surface area contributed by atoms with E-state index in [0.29, 0.717) is 6.42 Å². The molecule has 0 aromatic heterocycles. The Balaban J connectivity index is 4.02. The van der Waals surface area contributed by atoms with Crippen molar-refractivity contribution in [2.24, 2.45) is 5.92 Å². The third-order valence-electron chi connectivity index (χ3n) is 1.66. The third-order valence-corrected chi connectivity index (χ3v) is 1.82. The molecule has 0 aliphatic carbocycles. The van der Waals surface area contributed by atoms with Gasteiger partial charge in [0.25, 0.3) is 0 Å². The Kier molecular flexibility index (Phi) is 5.72. The maximum Gasteiger partial charge on any atom is 0.223 e. The summed E-state index contributed by atoms with van der Waals surface area (Å²) in [5, 5.41) is 2.06. The van der Waals surface area contributed by atoms with E-state index in [0.717, 1.165) is 6.42 Å². The molecule has 0 aliphatic rings. The lowest BCUT2D eigenvalue weighted by atomic mass is 10.00. The predicted octanol–water partition coefficient (Wildman–Crippen LogP) is 1.30. The first-order valence-electron chi connectivity index (χ1n) is 4.01. The summed E-state index contributed by atoms with van der Waals surface area (Å²) in [6, 6.07) is 0. The fourth-order valence-electron chi connectivity index (χ4n) is 1.07. The van der Waals surface area contributed by atoms with Crippen molar-refractivity contribution in [3.8, 4) is 0 Å². The minimum Gasteiger partial charge on any atom is -0.359 e. The average molecular weight is 192 g/mol. The molecule has 0 aliphatic heterocycles. The second kappa shape index (κ2) is 6.00. The van der Waals surface area contributed by atoms with Gasteiger partial charge < -0.3 is 5.32 Å². The highest BCUT2D eigenvalue weighted by atomic mass is 35.5. The van der Waals surface area contributed by atoms with E-state index >= 15 is 0 Å². The predicted molar refractivity (Wildman–Crippen MR) is 47.9 cm³/mol. The Morgan fingerprint density at radius 3 is 2.42 bits per heavy atom. The molecule has 0 saturated carbocycles. The molecule has 0 rings (SSSR count). The van der Waals surface area contributed by atoms with Crippen LogP contribution in [-0.4, -0.2) is 18.2 Å². The minimum absolute atomic E-state index is 0.106. The van der Waals surface area contributed by atoms with Crippen LogP contribution in [0.4, 0.5) is 0 Å². The van der Waals surface area contributed by atoms with Crippen LogP contribution in [0.2, 0.25) is 0 Å². The molecule has 0 bridgehead atoms. The van der Waals surface area contributed by atoms with Gasteiger partial charge in [-0.25, -0.2) is 0 Å². The largest absolute Gasteiger partial charge is 0.359 e. The first-order valence-corrected chi connectivity index (χ1v) is 4.39. The molecule has 1 amide bonds. The first kappa shape index (κ1) is 11.4. The van der Waals surface area contributed by atoms with Crippen molar-refractivity contribution in [3.05, 3.63) is 0 Å². The highest BCUT2D eigenvalue weighted by molar-refractivity contribution is 6.63. The Morgan fingerprint density at radius 1 is 1.50 bits per heavy atom. The summed E-state index contributed by atoms with van der Waals surface area (Å²) in [4.78, 5) is 21.7. The molecule has 0 radical (unpaired) electrons. The van der Waals surface area contributed by atoms with Crippen LogP contribution in [-0.2, 0) is 9.59 Å². The highest BCUT2D eigenvalue weighted by Crippen LogP contribution is 2.12. The number of nitrogens with one attached hydrogen (secondary N) is 1. The van der Waals surface area contributed by atoms with Gasteiger partial charge in [0.1, 0.15) is 0 Å². The van der Waals surface area contributed by atoms with Gasteiger partial charge in [0.05, 0.1) is 0 Å². The Labute approximate surface area is 77.5 Å². The Morgan fingerprint density at radius 2 is 2.08 bits per heavy atom. The van der Waals surface area contributed by atoms with E-state index in [9.17, 15) is 9.59 Å². The third kappa shape index (κ3) is 4.34. The zero-order valence-electron chi connectivity index (χ0n) is 7.39. The SMILES string of the molecule is CCCC(CC(=O)Cl)C(=O)NC. The van der Waals surface area contributed by atoms with Crippen molar-refractivity contribution in [1.82, 2.24) is 5.32 Å². The topological polar surface area (TPSA) is 46.2 Å². The van der Waals surface area contributed by atoms with E-state index in [2.05, 4.69) is 5.32 Å². The summed E-state index contributed by atoms with van der Waals surface area (Å²) < 4.78 is 0. The molecule has 0 aromatic rings. The molecule has 0 saturated heterocycles. The molecule has 0 heterocycles. The summed E-state index contributed by atoms with van der Waals surface area (Å²) in [5.41, 5.74) is 0. The molecule has 12 heavy (non-hydrogen) atoms. The Bertz CT molecular complexity index is 170. The number of carbonyl (C=O) groups is 2. The standard InChI is InChI=1S/C8H14ClNO2/c1-3-4-6(5-7(9)11)8(12)10-2/h6H,3-5H2,1-2H3,(H,10,12). The molecule has 1 atom stereocenters. The first-order chi connectivity index (χ1) is 5.61. The molecular formula is C8H14ClNO2. The molecule has 1 unspecified atom stereocenters. The fourth-order valence-corrected chi connectivity index (χ4v) is 1.26. The molecule has 0 fully saturated rings. The second-order valence-electron chi connectivity index (χ2n) is 2.66. The number of halogens is 1. The van der Waals surface area contributed by atoms with Gasteiger partial charge in [0.2, 0.25) is 11.1 Å². The van der Waals surface area contributed by atoms with Crippen LogP contribution in [0.5, 0.6) is 0 Å². The summed E-state index contributed by atoms with van der Waals surface area (Å²) in [6.45, 7) is 1.97. The van der Waals surface area contributed by atoms with Gasteiger partial charge in [-0.15, -0.1) is 0 Å². The van der Waals surface area contributed by atoms with Gasteiger partial charge in [0.15, 0.2) is 0 Å². The average Bonchev–Trinajstić information content (AvgIpc) is 2.01. The second-order valence-corrected chi connectivity index (χ2v) is 3.08. The number of amides is 1. The lowest BCUT2D eigenvalue weighted by Gasteiger charge is -2.11. The normalized spacial score (nSPS) is 12.2. The van der Waals surface area contributed by atoms with Crippen LogP contribution >= 0.6 is 11.6 Å². The number of carbonyl (C=O) groups excluding carboxylic acids is 2. The fraction of sp³-hybridized carbons (Fsp3) is 0.750. The van der Waals surface area contributed by atoms with Crippen molar-refractivity contribution >= 4 is 22.8 Å². The Hall–Kier alpha value is -0.570. The zero-order chi connectivity index (χ0) is 9.56. The summed E-state index contributed by atoms with van der Waals surface area (Å²) in [7, 11) is 1.56. The van der Waals surface area contributed by atoms with Crippen LogP contribution in [0.25, 0.3) is 0 Å². The summed E-state index contributed by atoms with van der Waals surface area (Å²) >= 11 is 5.19. The molecule has 0 aromatic carbocycles. The van der Waals surface area contributed by atoms with Gasteiger partial charge in [-0.1, -0.05) is 13.3 Å². The van der Waals surface area contributed by atoms with Gasteiger partial charge in [0, 0.05) is 19.4 Å². The summed E-state index contributed by atoms with van der Waals surface area (Å²) in [6.07, 6.45) is 1.72. The van der Waals surface area contributed by atoms with Crippen LogP contribution < -0.4 is 5.32 Å². The molecular weight excluding hydrogens is 178 g/mol. The smallest absolute Gasteiger partial charge is 0.223 e. The van der Waals surface area contributed by atoms with Crippen LogP contribution in [0.3, 0.4) is 0 Å². The molecule has 4 heteroatoms. The van der Waals surface area contributed by atoms with Crippen LogP contribution in [0.1, 0.15) is 26.2 Å². The number of rotatable bonds is 5. The van der Waals surface area contributed by atoms with Crippen molar-refractivity contribution in [3.63, 3.8) is 0 Å². The number of hydrogen-bond donors (Lipinski definition) is 1. The van der Waals surface area contributed by atoms with Crippen molar-refractivity contribution in [2.45, 2.75) is 26.2 Å². The minimum atomic E-state index is -0.447. The highest BCUT2D eigenvalue weighted by Gasteiger charge is 2.18. The van der Waals surface area contributed by atoms with E-state index in [1.165, 1.54) is 0 Å². The summed E-state index contributed by atoms with van der Waals surface area (Å²) in [5.74, 6) is -0.365. The van der Waals surface area contributed by atoms with Crippen molar-refractivity contribution in [1.29, 1.82) is 0 Å².